The number of aliphatic hydroxyl groups excluding tert-OH is 1. The van der Waals surface area contributed by atoms with Gasteiger partial charge in [-0.25, -0.2) is 0 Å². The molecule has 0 spiro atoms. The summed E-state index contributed by atoms with van der Waals surface area (Å²) in [6.07, 6.45) is -0.110. The maximum absolute atomic E-state index is 9.34. The Hall–Kier alpha value is -0.160. The van der Waals surface area contributed by atoms with Gasteiger partial charge in [-0.2, -0.15) is 0 Å². The van der Waals surface area contributed by atoms with Crippen LogP contribution in [0.4, 0.5) is 0 Å². The number of epoxide rings is 1. The van der Waals surface area contributed by atoms with Crippen LogP contribution in [-0.2, 0) is 14.2 Å². The van der Waals surface area contributed by atoms with Gasteiger partial charge in [-0.3, -0.25) is 0 Å². The molecule has 4 nitrogen and oxygen atoms in total. The van der Waals surface area contributed by atoms with E-state index in [1.807, 2.05) is 13.8 Å². The van der Waals surface area contributed by atoms with Crippen LogP contribution in [0.2, 0.25) is 0 Å². The molecule has 0 aromatic carbocycles. The molecular formula is C9H18O4. The molecule has 1 fully saturated rings. The molecule has 1 aliphatic heterocycles. The molecule has 4 heteroatoms. The predicted molar refractivity (Wildman–Crippen MR) is 47.7 cm³/mol. The monoisotopic (exact) mass is 190 g/mol. The molecule has 1 N–H and O–H groups in total. The Balaban J connectivity index is 1.87. The highest BCUT2D eigenvalue weighted by Crippen LogP contribution is 2.08. The predicted octanol–water partition coefficient (Wildman–Crippen LogP) is 0.188. The summed E-state index contributed by atoms with van der Waals surface area (Å²) in [6.45, 7) is 5.91. The average Bonchev–Trinajstić information content (AvgIpc) is 2.84. The summed E-state index contributed by atoms with van der Waals surface area (Å²) in [5, 5.41) is 9.34. The molecule has 0 saturated carbocycles. The number of aliphatic hydroxyl groups is 1. The van der Waals surface area contributed by atoms with Crippen LogP contribution >= 0.6 is 0 Å². The van der Waals surface area contributed by atoms with E-state index >= 15 is 0 Å². The number of hydrogen-bond acceptors (Lipinski definition) is 4. The molecule has 78 valence electrons. The molecular weight excluding hydrogens is 172 g/mol. The van der Waals surface area contributed by atoms with Crippen molar-refractivity contribution in [3.8, 4) is 0 Å². The Labute approximate surface area is 78.8 Å². The van der Waals surface area contributed by atoms with Crippen LogP contribution in [0.15, 0.2) is 0 Å². The third-order valence-electron chi connectivity index (χ3n) is 1.64. The molecule has 13 heavy (non-hydrogen) atoms. The molecule has 1 saturated heterocycles. The molecule has 2 atom stereocenters. The first-order valence-electron chi connectivity index (χ1n) is 4.67. The third kappa shape index (κ3) is 5.99. The van der Waals surface area contributed by atoms with Gasteiger partial charge in [0.1, 0.15) is 12.2 Å². The highest BCUT2D eigenvalue weighted by atomic mass is 16.6. The minimum absolute atomic E-state index is 0.154. The fraction of sp³-hybridized carbons (Fsp3) is 1.00. The standard InChI is InChI=1S/C9H18O4/c1-7(2)12-4-8(10)3-11-5-9-6-13-9/h7-10H,3-6H2,1-2H3. The SMILES string of the molecule is CC(C)OCC(O)COCC1CO1. The molecule has 0 radical (unpaired) electrons. The van der Waals surface area contributed by atoms with Crippen LogP contribution in [0.1, 0.15) is 13.8 Å². The molecule has 2 unspecified atom stereocenters. The Morgan fingerprint density at radius 3 is 2.69 bits per heavy atom. The zero-order valence-electron chi connectivity index (χ0n) is 8.23. The molecule has 0 bridgehead atoms. The van der Waals surface area contributed by atoms with Gasteiger partial charge < -0.3 is 19.3 Å². The van der Waals surface area contributed by atoms with Crippen molar-refractivity contribution in [3.05, 3.63) is 0 Å². The average molecular weight is 190 g/mol. The third-order valence-corrected chi connectivity index (χ3v) is 1.64. The second kappa shape index (κ2) is 5.54. The summed E-state index contributed by atoms with van der Waals surface area (Å²) in [5.74, 6) is 0. The van der Waals surface area contributed by atoms with Gasteiger partial charge in [-0.15, -0.1) is 0 Å². The molecule has 0 aliphatic carbocycles. The zero-order chi connectivity index (χ0) is 9.68. The Bertz CT molecular complexity index is 134. The summed E-state index contributed by atoms with van der Waals surface area (Å²) in [4.78, 5) is 0. The van der Waals surface area contributed by atoms with Gasteiger partial charge in [0.25, 0.3) is 0 Å². The maximum Gasteiger partial charge on any atom is 0.104 e. The van der Waals surface area contributed by atoms with Gasteiger partial charge in [0.15, 0.2) is 0 Å². The van der Waals surface area contributed by atoms with Crippen molar-refractivity contribution in [1.29, 1.82) is 0 Å². The lowest BCUT2D eigenvalue weighted by Crippen LogP contribution is -2.24. The minimum atomic E-state index is -0.527. The normalized spacial score (nSPS) is 23.5. The van der Waals surface area contributed by atoms with E-state index < -0.39 is 6.10 Å². The second-order valence-electron chi connectivity index (χ2n) is 3.53. The van der Waals surface area contributed by atoms with Crippen LogP contribution in [0.25, 0.3) is 0 Å². The van der Waals surface area contributed by atoms with E-state index in [1.165, 1.54) is 0 Å². The van der Waals surface area contributed by atoms with Crippen molar-refractivity contribution < 1.29 is 19.3 Å². The zero-order valence-corrected chi connectivity index (χ0v) is 8.23. The van der Waals surface area contributed by atoms with E-state index in [0.29, 0.717) is 19.8 Å². The molecule has 0 aromatic rings. The summed E-state index contributed by atoms with van der Waals surface area (Å²) in [7, 11) is 0. The van der Waals surface area contributed by atoms with Gasteiger partial charge in [0.05, 0.1) is 32.5 Å². The van der Waals surface area contributed by atoms with Crippen LogP contribution < -0.4 is 0 Å². The molecule has 1 heterocycles. The molecule has 0 amide bonds. The summed E-state index contributed by atoms with van der Waals surface area (Å²) in [6, 6.07) is 0. The van der Waals surface area contributed by atoms with Crippen molar-refractivity contribution >= 4 is 0 Å². The number of rotatable bonds is 7. The first-order chi connectivity index (χ1) is 6.18. The fourth-order valence-electron chi connectivity index (χ4n) is 0.851. The molecule has 1 aliphatic rings. The fourth-order valence-corrected chi connectivity index (χ4v) is 0.851. The highest BCUT2D eigenvalue weighted by molar-refractivity contribution is 4.67. The highest BCUT2D eigenvalue weighted by Gasteiger charge is 2.22. The van der Waals surface area contributed by atoms with E-state index in [4.69, 9.17) is 14.2 Å². The Morgan fingerprint density at radius 2 is 2.15 bits per heavy atom. The summed E-state index contributed by atoms with van der Waals surface area (Å²) in [5.41, 5.74) is 0. The lowest BCUT2D eigenvalue weighted by molar-refractivity contribution is -0.0373. The van der Waals surface area contributed by atoms with Crippen molar-refractivity contribution in [1.82, 2.24) is 0 Å². The largest absolute Gasteiger partial charge is 0.388 e. The van der Waals surface area contributed by atoms with E-state index in [-0.39, 0.29) is 12.2 Å². The molecule has 0 aromatic heterocycles. The van der Waals surface area contributed by atoms with Crippen molar-refractivity contribution in [2.45, 2.75) is 32.2 Å². The maximum atomic E-state index is 9.34. The van der Waals surface area contributed by atoms with E-state index in [9.17, 15) is 5.11 Å². The van der Waals surface area contributed by atoms with Crippen LogP contribution in [0.3, 0.4) is 0 Å². The first kappa shape index (κ1) is 10.9. The number of ether oxygens (including phenoxy) is 3. The van der Waals surface area contributed by atoms with Crippen LogP contribution in [-0.4, -0.2) is 49.8 Å². The van der Waals surface area contributed by atoms with Crippen molar-refractivity contribution in [2.75, 3.05) is 26.4 Å². The molecule has 1 rings (SSSR count). The minimum Gasteiger partial charge on any atom is -0.388 e. The lowest BCUT2D eigenvalue weighted by Gasteiger charge is -2.13. The van der Waals surface area contributed by atoms with E-state index in [1.54, 1.807) is 0 Å². The van der Waals surface area contributed by atoms with E-state index in [2.05, 4.69) is 0 Å². The summed E-state index contributed by atoms with van der Waals surface area (Å²) >= 11 is 0. The van der Waals surface area contributed by atoms with Crippen molar-refractivity contribution in [2.24, 2.45) is 0 Å². The second-order valence-corrected chi connectivity index (χ2v) is 3.53. The van der Waals surface area contributed by atoms with Crippen molar-refractivity contribution in [3.63, 3.8) is 0 Å². The summed E-state index contributed by atoms with van der Waals surface area (Å²) < 4.78 is 15.4. The van der Waals surface area contributed by atoms with Gasteiger partial charge in [0.2, 0.25) is 0 Å². The van der Waals surface area contributed by atoms with E-state index in [0.717, 1.165) is 6.61 Å². The topological polar surface area (TPSA) is 51.2 Å². The first-order valence-corrected chi connectivity index (χ1v) is 4.67. The smallest absolute Gasteiger partial charge is 0.104 e. The van der Waals surface area contributed by atoms with Crippen LogP contribution in [0, 0.1) is 0 Å². The van der Waals surface area contributed by atoms with Gasteiger partial charge in [0, 0.05) is 0 Å². The lowest BCUT2D eigenvalue weighted by atomic mass is 10.4. The van der Waals surface area contributed by atoms with Crippen LogP contribution in [0.5, 0.6) is 0 Å². The number of hydrogen-bond donors (Lipinski definition) is 1. The Morgan fingerprint density at radius 1 is 1.46 bits per heavy atom. The quantitative estimate of drug-likeness (QED) is 0.582. The Kier molecular flexibility index (Phi) is 4.66. The van der Waals surface area contributed by atoms with Gasteiger partial charge >= 0.3 is 0 Å². The van der Waals surface area contributed by atoms with Gasteiger partial charge in [-0.1, -0.05) is 0 Å². The van der Waals surface area contributed by atoms with Gasteiger partial charge in [-0.05, 0) is 13.8 Å².